The molecule has 1 atom stereocenters. The zero-order valence-corrected chi connectivity index (χ0v) is 17.4. The van der Waals surface area contributed by atoms with Crippen molar-refractivity contribution in [3.63, 3.8) is 0 Å². The lowest BCUT2D eigenvalue weighted by molar-refractivity contribution is 0.0930. The second-order valence-electron chi connectivity index (χ2n) is 8.47. The van der Waals surface area contributed by atoms with Crippen molar-refractivity contribution >= 4 is 16.8 Å². The second-order valence-corrected chi connectivity index (χ2v) is 8.47. The van der Waals surface area contributed by atoms with Crippen molar-refractivity contribution in [2.24, 2.45) is 0 Å². The minimum atomic E-state index is -0.468. The number of benzene rings is 2. The number of aryl methyl sites for hydroxylation is 1. The summed E-state index contributed by atoms with van der Waals surface area (Å²) in [4.78, 5) is 17.7. The van der Waals surface area contributed by atoms with Crippen LogP contribution in [0.5, 0.6) is 5.75 Å². The molecular weight excluding hydrogens is 388 g/mol. The standard InChI is InChI=1S/C25H24N4O2/c1-16-4-5-19(31-15-18-6-10-27-18)13-21(16)24(30)29-25(7-8-25)22-11-17(14-26)12-23-20(22)3-2-9-28-23/h2-5,9,11-13,18,27H,6-8,10,15H2,1H3,(H,29,30). The van der Waals surface area contributed by atoms with Crippen LogP contribution >= 0.6 is 0 Å². The van der Waals surface area contributed by atoms with Gasteiger partial charge in [-0.2, -0.15) is 5.26 Å². The van der Waals surface area contributed by atoms with Crippen LogP contribution in [-0.4, -0.2) is 30.1 Å². The van der Waals surface area contributed by atoms with Gasteiger partial charge in [-0.05, 0) is 74.2 Å². The van der Waals surface area contributed by atoms with E-state index in [1.807, 2.05) is 43.3 Å². The molecule has 0 radical (unpaired) electrons. The van der Waals surface area contributed by atoms with Gasteiger partial charge in [-0.1, -0.05) is 12.1 Å². The van der Waals surface area contributed by atoms with Crippen LogP contribution in [0.25, 0.3) is 10.9 Å². The number of pyridine rings is 1. The SMILES string of the molecule is Cc1ccc(OCC2CCN2)cc1C(=O)NC1(c2cc(C#N)cc3ncccc23)CC1. The molecular formula is C25H24N4O2. The number of nitrogens with zero attached hydrogens (tertiary/aromatic N) is 2. The first-order valence-electron chi connectivity index (χ1n) is 10.7. The molecule has 31 heavy (non-hydrogen) atoms. The molecule has 1 aromatic heterocycles. The number of carbonyl (C=O) groups is 1. The van der Waals surface area contributed by atoms with Gasteiger partial charge in [0.25, 0.3) is 5.91 Å². The Morgan fingerprint density at radius 2 is 2.16 bits per heavy atom. The van der Waals surface area contributed by atoms with Crippen molar-refractivity contribution in [3.8, 4) is 11.8 Å². The third-order valence-electron chi connectivity index (χ3n) is 6.30. The molecule has 1 saturated carbocycles. The van der Waals surface area contributed by atoms with Gasteiger partial charge in [0.05, 0.1) is 22.7 Å². The minimum Gasteiger partial charge on any atom is -0.492 e. The molecule has 0 bridgehead atoms. The van der Waals surface area contributed by atoms with E-state index < -0.39 is 5.54 Å². The average Bonchev–Trinajstić information content (AvgIpc) is 3.53. The number of ether oxygens (including phenoxy) is 1. The first-order chi connectivity index (χ1) is 15.1. The second kappa shape index (κ2) is 7.68. The van der Waals surface area contributed by atoms with Crippen molar-refractivity contribution in [2.45, 2.75) is 37.8 Å². The van der Waals surface area contributed by atoms with Gasteiger partial charge in [0, 0.05) is 23.2 Å². The molecule has 6 nitrogen and oxygen atoms in total. The maximum absolute atomic E-state index is 13.3. The van der Waals surface area contributed by atoms with Crippen molar-refractivity contribution in [1.29, 1.82) is 5.26 Å². The fraction of sp³-hybridized carbons (Fsp3) is 0.320. The molecule has 0 spiro atoms. The van der Waals surface area contributed by atoms with Gasteiger partial charge in [0.2, 0.25) is 0 Å². The van der Waals surface area contributed by atoms with Gasteiger partial charge in [-0.3, -0.25) is 9.78 Å². The highest BCUT2D eigenvalue weighted by molar-refractivity contribution is 5.97. The number of fused-ring (bicyclic) bond motifs is 1. The smallest absolute Gasteiger partial charge is 0.252 e. The molecule has 2 fully saturated rings. The molecule has 1 aliphatic carbocycles. The van der Waals surface area contributed by atoms with Crippen LogP contribution in [0.1, 0.15) is 46.3 Å². The summed E-state index contributed by atoms with van der Waals surface area (Å²) in [5, 5.41) is 17.0. The average molecular weight is 412 g/mol. The highest BCUT2D eigenvalue weighted by Crippen LogP contribution is 2.48. The molecule has 5 rings (SSSR count). The Hall–Kier alpha value is -3.43. The molecule has 2 aromatic carbocycles. The monoisotopic (exact) mass is 412 g/mol. The van der Waals surface area contributed by atoms with Gasteiger partial charge in [-0.25, -0.2) is 0 Å². The van der Waals surface area contributed by atoms with Gasteiger partial charge in [-0.15, -0.1) is 0 Å². The zero-order chi connectivity index (χ0) is 21.4. The number of rotatable bonds is 6. The first-order valence-corrected chi connectivity index (χ1v) is 10.7. The fourth-order valence-corrected chi connectivity index (χ4v) is 4.14. The molecule has 156 valence electrons. The molecule has 1 amide bonds. The van der Waals surface area contributed by atoms with Crippen molar-refractivity contribution in [1.82, 2.24) is 15.6 Å². The lowest BCUT2D eigenvalue weighted by atomic mass is 9.96. The topological polar surface area (TPSA) is 87.0 Å². The van der Waals surface area contributed by atoms with E-state index in [1.54, 1.807) is 12.3 Å². The number of amides is 1. The third kappa shape index (κ3) is 3.73. The minimum absolute atomic E-state index is 0.123. The number of carbonyl (C=O) groups excluding carboxylic acids is 1. The van der Waals surface area contributed by atoms with Crippen molar-refractivity contribution < 1.29 is 9.53 Å². The Kier molecular flexibility index (Phi) is 4.84. The number of nitrogens with one attached hydrogen (secondary N) is 2. The van der Waals surface area contributed by atoms with Gasteiger partial charge in [0.15, 0.2) is 0 Å². The van der Waals surface area contributed by atoms with Crippen LogP contribution in [0, 0.1) is 18.3 Å². The Labute approximate surface area is 181 Å². The van der Waals surface area contributed by atoms with Crippen molar-refractivity contribution in [2.75, 3.05) is 13.2 Å². The van der Waals surface area contributed by atoms with E-state index in [9.17, 15) is 10.1 Å². The molecule has 2 N–H and O–H groups in total. The number of nitriles is 1. The normalized spacial score (nSPS) is 18.6. The Balaban J connectivity index is 1.42. The van der Waals surface area contributed by atoms with E-state index in [-0.39, 0.29) is 5.91 Å². The summed E-state index contributed by atoms with van der Waals surface area (Å²) >= 11 is 0. The van der Waals surface area contributed by atoms with Crippen LogP contribution in [0.4, 0.5) is 0 Å². The molecule has 1 unspecified atom stereocenters. The molecule has 2 aliphatic rings. The van der Waals surface area contributed by atoms with Crippen molar-refractivity contribution in [3.05, 3.63) is 70.9 Å². The Morgan fingerprint density at radius 3 is 2.87 bits per heavy atom. The summed E-state index contributed by atoms with van der Waals surface area (Å²) in [6.45, 7) is 3.57. The van der Waals surface area contributed by atoms with Crippen LogP contribution < -0.4 is 15.4 Å². The summed E-state index contributed by atoms with van der Waals surface area (Å²) in [6, 6.07) is 15.8. The number of aromatic nitrogens is 1. The number of hydrogen-bond acceptors (Lipinski definition) is 5. The van der Waals surface area contributed by atoms with E-state index in [2.05, 4.69) is 21.7 Å². The summed E-state index contributed by atoms with van der Waals surface area (Å²) < 4.78 is 5.89. The van der Waals surface area contributed by atoms with Crippen LogP contribution in [0.15, 0.2) is 48.7 Å². The van der Waals surface area contributed by atoms with E-state index in [1.165, 1.54) is 0 Å². The highest BCUT2D eigenvalue weighted by Gasteiger charge is 2.47. The molecule has 6 heteroatoms. The van der Waals surface area contributed by atoms with E-state index in [4.69, 9.17) is 4.74 Å². The van der Waals surface area contributed by atoms with Crippen LogP contribution in [0.2, 0.25) is 0 Å². The van der Waals surface area contributed by atoms with Gasteiger partial charge >= 0.3 is 0 Å². The highest BCUT2D eigenvalue weighted by atomic mass is 16.5. The third-order valence-corrected chi connectivity index (χ3v) is 6.30. The largest absolute Gasteiger partial charge is 0.492 e. The summed E-state index contributed by atoms with van der Waals surface area (Å²) in [6.07, 6.45) is 4.51. The molecule has 3 aromatic rings. The fourth-order valence-electron chi connectivity index (χ4n) is 4.14. The Bertz CT molecular complexity index is 1210. The van der Waals surface area contributed by atoms with E-state index in [0.717, 1.165) is 47.8 Å². The molecule has 2 heterocycles. The number of hydrogen-bond donors (Lipinski definition) is 2. The quantitative estimate of drug-likeness (QED) is 0.646. The van der Waals surface area contributed by atoms with Gasteiger partial charge in [0.1, 0.15) is 12.4 Å². The molecule has 1 saturated heterocycles. The van der Waals surface area contributed by atoms with E-state index >= 15 is 0 Å². The predicted molar refractivity (Wildman–Crippen MR) is 118 cm³/mol. The molecule has 1 aliphatic heterocycles. The summed E-state index contributed by atoms with van der Waals surface area (Å²) in [5.74, 6) is 0.581. The lowest BCUT2D eigenvalue weighted by Gasteiger charge is -2.27. The first kappa shape index (κ1) is 19.5. The maximum Gasteiger partial charge on any atom is 0.252 e. The Morgan fingerprint density at radius 1 is 1.32 bits per heavy atom. The van der Waals surface area contributed by atoms with Gasteiger partial charge < -0.3 is 15.4 Å². The lowest BCUT2D eigenvalue weighted by Crippen LogP contribution is -2.46. The van der Waals surface area contributed by atoms with Crippen LogP contribution in [0.3, 0.4) is 0 Å². The van der Waals surface area contributed by atoms with E-state index in [0.29, 0.717) is 29.5 Å². The zero-order valence-electron chi connectivity index (χ0n) is 17.4. The maximum atomic E-state index is 13.3. The summed E-state index contributed by atoms with van der Waals surface area (Å²) in [5.41, 5.74) is 3.34. The summed E-state index contributed by atoms with van der Waals surface area (Å²) in [7, 11) is 0. The van der Waals surface area contributed by atoms with Crippen LogP contribution in [-0.2, 0) is 5.54 Å². The predicted octanol–water partition coefficient (Wildman–Crippen LogP) is 3.57.